The molecule has 0 N–H and O–H groups in total. The summed E-state index contributed by atoms with van der Waals surface area (Å²) in [5.74, 6) is 1.26. The second-order valence-corrected chi connectivity index (χ2v) is 6.43. The van der Waals surface area contributed by atoms with Gasteiger partial charge in [-0.25, -0.2) is 0 Å². The second-order valence-electron chi connectivity index (χ2n) is 6.43. The van der Waals surface area contributed by atoms with Gasteiger partial charge in [-0.2, -0.15) is 9.67 Å². The van der Waals surface area contributed by atoms with E-state index in [2.05, 4.69) is 10.1 Å². The van der Waals surface area contributed by atoms with E-state index in [1.54, 1.807) is 0 Å². The smallest absolute Gasteiger partial charge is 0.336 e. The normalized spacial score (nSPS) is 14.9. The number of ether oxygens (including phenoxy) is 1. The van der Waals surface area contributed by atoms with E-state index < -0.39 is 0 Å². The molecule has 1 aliphatic carbocycles. The number of nitrogens with zero attached hydrogens (tertiary/aromatic N) is 3. The summed E-state index contributed by atoms with van der Waals surface area (Å²) in [6.07, 6.45) is 7.44. The zero-order valence-electron chi connectivity index (χ0n) is 14.3. The molecule has 0 saturated heterocycles. The van der Waals surface area contributed by atoms with Crippen molar-refractivity contribution in [1.29, 1.82) is 0 Å². The summed E-state index contributed by atoms with van der Waals surface area (Å²) >= 11 is 0. The maximum atomic E-state index is 12.7. The van der Waals surface area contributed by atoms with Gasteiger partial charge in [0.2, 0.25) is 5.91 Å². The van der Waals surface area contributed by atoms with Crippen molar-refractivity contribution in [3.8, 4) is 17.4 Å². The zero-order valence-corrected chi connectivity index (χ0v) is 14.3. The van der Waals surface area contributed by atoms with Crippen LogP contribution in [0.5, 0.6) is 6.01 Å². The molecule has 5 heteroatoms. The average Bonchev–Trinajstić information content (AvgIpc) is 3.28. The lowest BCUT2D eigenvalue weighted by Gasteiger charge is -2.08. The van der Waals surface area contributed by atoms with Gasteiger partial charge in [-0.3, -0.25) is 4.79 Å². The fourth-order valence-corrected chi connectivity index (χ4v) is 3.23. The molecule has 1 fully saturated rings. The Morgan fingerprint density at radius 1 is 1.25 bits per heavy atom. The summed E-state index contributed by atoms with van der Waals surface area (Å²) in [5.41, 5.74) is 0.880. The molecule has 1 saturated carbocycles. The summed E-state index contributed by atoms with van der Waals surface area (Å²) in [6.45, 7) is 2.58. The molecular weight excluding hydrogens is 302 g/mol. The van der Waals surface area contributed by atoms with Gasteiger partial charge in [0.05, 0.1) is 6.61 Å². The van der Waals surface area contributed by atoms with E-state index in [0.717, 1.165) is 18.4 Å². The molecular formula is C19H25N3O2. The molecule has 1 aliphatic rings. The largest absolute Gasteiger partial charge is 0.462 e. The van der Waals surface area contributed by atoms with Crippen LogP contribution < -0.4 is 4.74 Å². The zero-order chi connectivity index (χ0) is 16.8. The van der Waals surface area contributed by atoms with Crippen LogP contribution in [0.3, 0.4) is 0 Å². The number of rotatable bonds is 7. The summed E-state index contributed by atoms with van der Waals surface area (Å²) in [5, 5.41) is 4.30. The summed E-state index contributed by atoms with van der Waals surface area (Å²) < 4.78 is 6.96. The van der Waals surface area contributed by atoms with Crippen LogP contribution >= 0.6 is 0 Å². The van der Waals surface area contributed by atoms with Gasteiger partial charge in [-0.05, 0) is 18.8 Å². The number of hydrogen-bond acceptors (Lipinski definition) is 4. The van der Waals surface area contributed by atoms with Gasteiger partial charge in [0.1, 0.15) is 0 Å². The maximum Gasteiger partial charge on any atom is 0.336 e. The SMILES string of the molecule is CCCOc1nc(-c2ccccc2)n(C(=O)CCC2CCCC2)n1. The molecule has 1 heterocycles. The Hall–Kier alpha value is -2.17. The fourth-order valence-electron chi connectivity index (χ4n) is 3.23. The third kappa shape index (κ3) is 4.02. The Morgan fingerprint density at radius 3 is 2.71 bits per heavy atom. The second kappa shape index (κ2) is 8.08. The molecule has 0 radical (unpaired) electrons. The molecule has 0 aliphatic heterocycles. The highest BCUT2D eigenvalue weighted by atomic mass is 16.5. The van der Waals surface area contributed by atoms with E-state index in [-0.39, 0.29) is 11.9 Å². The lowest BCUT2D eigenvalue weighted by atomic mass is 10.0. The summed E-state index contributed by atoms with van der Waals surface area (Å²) in [4.78, 5) is 17.1. The Balaban J connectivity index is 1.78. The molecule has 2 aromatic rings. The first-order chi connectivity index (χ1) is 11.8. The van der Waals surface area contributed by atoms with Crippen LogP contribution in [0.25, 0.3) is 11.4 Å². The topological polar surface area (TPSA) is 57.0 Å². The third-order valence-electron chi connectivity index (χ3n) is 4.53. The number of benzene rings is 1. The van der Waals surface area contributed by atoms with E-state index in [0.29, 0.717) is 24.8 Å². The molecule has 1 aromatic heterocycles. The predicted molar refractivity (Wildman–Crippen MR) is 93.1 cm³/mol. The molecule has 24 heavy (non-hydrogen) atoms. The van der Waals surface area contributed by atoms with Gasteiger partial charge in [-0.1, -0.05) is 62.9 Å². The van der Waals surface area contributed by atoms with Crippen LogP contribution in [0.2, 0.25) is 0 Å². The highest BCUT2D eigenvalue weighted by Gasteiger charge is 2.21. The number of aromatic nitrogens is 3. The summed E-state index contributed by atoms with van der Waals surface area (Å²) in [6, 6.07) is 9.97. The predicted octanol–water partition coefficient (Wildman–Crippen LogP) is 4.34. The van der Waals surface area contributed by atoms with Crippen LogP contribution in [0.1, 0.15) is 56.7 Å². The van der Waals surface area contributed by atoms with E-state index >= 15 is 0 Å². The van der Waals surface area contributed by atoms with Crippen molar-refractivity contribution in [2.24, 2.45) is 5.92 Å². The molecule has 0 amide bonds. The minimum absolute atomic E-state index is 0.000369. The quantitative estimate of drug-likeness (QED) is 0.759. The summed E-state index contributed by atoms with van der Waals surface area (Å²) in [7, 11) is 0. The number of hydrogen-bond donors (Lipinski definition) is 0. The van der Waals surface area contributed by atoms with Crippen molar-refractivity contribution >= 4 is 5.91 Å². The number of carbonyl (C=O) groups is 1. The van der Waals surface area contributed by atoms with E-state index in [4.69, 9.17) is 4.74 Å². The first-order valence-electron chi connectivity index (χ1n) is 8.96. The average molecular weight is 327 g/mol. The van der Waals surface area contributed by atoms with Gasteiger partial charge in [0.15, 0.2) is 5.82 Å². The minimum Gasteiger partial charge on any atom is -0.462 e. The van der Waals surface area contributed by atoms with Crippen LogP contribution in [0.15, 0.2) is 30.3 Å². The van der Waals surface area contributed by atoms with E-state index in [1.165, 1.54) is 30.4 Å². The molecule has 0 spiro atoms. The lowest BCUT2D eigenvalue weighted by Crippen LogP contribution is -2.15. The molecule has 0 atom stereocenters. The fraction of sp³-hybridized carbons (Fsp3) is 0.526. The van der Waals surface area contributed by atoms with Crippen LogP contribution in [0, 0.1) is 5.92 Å². The van der Waals surface area contributed by atoms with Crippen molar-refractivity contribution in [3.05, 3.63) is 30.3 Å². The molecule has 0 bridgehead atoms. The highest BCUT2D eigenvalue weighted by Crippen LogP contribution is 2.29. The Morgan fingerprint density at radius 2 is 2.00 bits per heavy atom. The van der Waals surface area contributed by atoms with Crippen molar-refractivity contribution in [2.75, 3.05) is 6.61 Å². The Labute approximate surface area is 143 Å². The molecule has 3 rings (SSSR count). The van der Waals surface area contributed by atoms with Gasteiger partial charge in [0, 0.05) is 12.0 Å². The minimum atomic E-state index is -0.000369. The highest BCUT2D eigenvalue weighted by molar-refractivity contribution is 5.82. The van der Waals surface area contributed by atoms with Crippen LogP contribution in [-0.4, -0.2) is 27.3 Å². The van der Waals surface area contributed by atoms with Gasteiger partial charge >= 0.3 is 6.01 Å². The van der Waals surface area contributed by atoms with E-state index in [1.807, 2.05) is 37.3 Å². The number of carbonyl (C=O) groups excluding carboxylic acids is 1. The first kappa shape index (κ1) is 16.7. The van der Waals surface area contributed by atoms with Crippen molar-refractivity contribution in [2.45, 2.75) is 51.9 Å². The van der Waals surface area contributed by atoms with Crippen LogP contribution in [0.4, 0.5) is 0 Å². The van der Waals surface area contributed by atoms with E-state index in [9.17, 15) is 4.79 Å². The van der Waals surface area contributed by atoms with Gasteiger partial charge in [-0.15, -0.1) is 5.10 Å². The molecule has 0 unspecified atom stereocenters. The Kier molecular flexibility index (Phi) is 5.62. The maximum absolute atomic E-state index is 12.7. The van der Waals surface area contributed by atoms with Crippen LogP contribution in [-0.2, 0) is 0 Å². The first-order valence-corrected chi connectivity index (χ1v) is 8.96. The Bertz CT molecular complexity index is 661. The monoisotopic (exact) mass is 327 g/mol. The standard InChI is InChI=1S/C19H25N3O2/c1-2-14-24-19-20-18(16-10-4-3-5-11-16)22(21-19)17(23)13-12-15-8-6-7-9-15/h3-5,10-11,15H,2,6-9,12-14H2,1H3. The molecule has 5 nitrogen and oxygen atoms in total. The lowest BCUT2D eigenvalue weighted by molar-refractivity contribution is 0.0877. The van der Waals surface area contributed by atoms with Gasteiger partial charge in [0.25, 0.3) is 0 Å². The molecule has 128 valence electrons. The van der Waals surface area contributed by atoms with Crippen molar-refractivity contribution in [3.63, 3.8) is 0 Å². The third-order valence-corrected chi connectivity index (χ3v) is 4.53. The van der Waals surface area contributed by atoms with Crippen molar-refractivity contribution in [1.82, 2.24) is 14.8 Å². The van der Waals surface area contributed by atoms with Gasteiger partial charge < -0.3 is 4.74 Å². The molecule has 1 aromatic carbocycles. The van der Waals surface area contributed by atoms with Crippen molar-refractivity contribution < 1.29 is 9.53 Å².